The standard InChI is InChI=1S/C13H21NO2/c1-10(2)13(9-16-3)14-12-6-4-5-11(7-12)8-15/h4-7,10,13-15H,8-9H2,1-3H3. The largest absolute Gasteiger partial charge is 0.392 e. The molecule has 1 aromatic rings. The van der Waals surface area contributed by atoms with Crippen LogP contribution in [0.3, 0.4) is 0 Å². The highest BCUT2D eigenvalue weighted by Gasteiger charge is 2.12. The molecule has 16 heavy (non-hydrogen) atoms. The van der Waals surface area contributed by atoms with Crippen LogP contribution in [-0.2, 0) is 11.3 Å². The molecular formula is C13H21NO2. The van der Waals surface area contributed by atoms with Gasteiger partial charge in [0.25, 0.3) is 0 Å². The zero-order valence-electron chi connectivity index (χ0n) is 10.2. The number of aliphatic hydroxyl groups excluding tert-OH is 1. The quantitative estimate of drug-likeness (QED) is 0.777. The molecule has 0 heterocycles. The lowest BCUT2D eigenvalue weighted by Gasteiger charge is -2.23. The molecule has 0 amide bonds. The van der Waals surface area contributed by atoms with Gasteiger partial charge in [0.2, 0.25) is 0 Å². The minimum Gasteiger partial charge on any atom is -0.392 e. The maximum Gasteiger partial charge on any atom is 0.0682 e. The minimum atomic E-state index is 0.0755. The minimum absolute atomic E-state index is 0.0755. The van der Waals surface area contributed by atoms with Crippen LogP contribution < -0.4 is 5.32 Å². The summed E-state index contributed by atoms with van der Waals surface area (Å²) in [5.74, 6) is 0.498. The van der Waals surface area contributed by atoms with Crippen molar-refractivity contribution in [2.75, 3.05) is 19.0 Å². The first kappa shape index (κ1) is 13.0. The van der Waals surface area contributed by atoms with E-state index in [2.05, 4.69) is 19.2 Å². The Morgan fingerprint density at radius 2 is 2.12 bits per heavy atom. The molecule has 0 fully saturated rings. The summed E-state index contributed by atoms with van der Waals surface area (Å²) < 4.78 is 5.18. The summed E-state index contributed by atoms with van der Waals surface area (Å²) >= 11 is 0. The lowest BCUT2D eigenvalue weighted by atomic mass is 10.0. The number of anilines is 1. The molecule has 0 radical (unpaired) electrons. The number of aliphatic hydroxyl groups is 1. The normalized spacial score (nSPS) is 12.8. The molecule has 1 unspecified atom stereocenters. The Hall–Kier alpha value is -1.06. The van der Waals surface area contributed by atoms with Gasteiger partial charge in [-0.3, -0.25) is 0 Å². The molecular weight excluding hydrogens is 202 g/mol. The van der Waals surface area contributed by atoms with Crippen LogP contribution >= 0.6 is 0 Å². The third-order valence-electron chi connectivity index (χ3n) is 2.61. The summed E-state index contributed by atoms with van der Waals surface area (Å²) in [6, 6.07) is 8.11. The van der Waals surface area contributed by atoms with Gasteiger partial charge in [0.15, 0.2) is 0 Å². The SMILES string of the molecule is COCC(Nc1cccc(CO)c1)C(C)C. The average molecular weight is 223 g/mol. The molecule has 0 aliphatic heterocycles. The molecule has 0 aliphatic carbocycles. The molecule has 1 rings (SSSR count). The van der Waals surface area contributed by atoms with E-state index in [1.165, 1.54) is 0 Å². The number of rotatable bonds is 6. The summed E-state index contributed by atoms with van der Waals surface area (Å²) in [7, 11) is 1.71. The van der Waals surface area contributed by atoms with Crippen LogP contribution in [0.2, 0.25) is 0 Å². The number of hydrogen-bond donors (Lipinski definition) is 2. The second-order valence-corrected chi connectivity index (χ2v) is 4.31. The van der Waals surface area contributed by atoms with Crippen molar-refractivity contribution in [3.05, 3.63) is 29.8 Å². The second-order valence-electron chi connectivity index (χ2n) is 4.31. The van der Waals surface area contributed by atoms with Crippen LogP contribution in [-0.4, -0.2) is 24.9 Å². The molecule has 1 atom stereocenters. The highest BCUT2D eigenvalue weighted by Crippen LogP contribution is 2.15. The molecule has 0 spiro atoms. The molecule has 2 N–H and O–H groups in total. The zero-order valence-corrected chi connectivity index (χ0v) is 10.2. The van der Waals surface area contributed by atoms with E-state index < -0.39 is 0 Å². The summed E-state index contributed by atoms with van der Waals surface area (Å²) in [5.41, 5.74) is 1.95. The van der Waals surface area contributed by atoms with Crippen molar-refractivity contribution >= 4 is 5.69 Å². The number of ether oxygens (including phenoxy) is 1. The van der Waals surface area contributed by atoms with Gasteiger partial charge in [0.1, 0.15) is 0 Å². The maximum absolute atomic E-state index is 9.06. The fraction of sp³-hybridized carbons (Fsp3) is 0.538. The Balaban J connectivity index is 2.68. The first-order valence-electron chi connectivity index (χ1n) is 5.62. The summed E-state index contributed by atoms with van der Waals surface area (Å²) in [6.07, 6.45) is 0. The molecule has 3 nitrogen and oxygen atoms in total. The van der Waals surface area contributed by atoms with E-state index in [-0.39, 0.29) is 6.61 Å². The van der Waals surface area contributed by atoms with E-state index >= 15 is 0 Å². The summed E-state index contributed by atoms with van der Waals surface area (Å²) in [6.45, 7) is 5.08. The van der Waals surface area contributed by atoms with Crippen LogP contribution in [0.4, 0.5) is 5.69 Å². The van der Waals surface area contributed by atoms with Gasteiger partial charge >= 0.3 is 0 Å². The molecule has 3 heteroatoms. The molecule has 0 aliphatic rings. The number of benzene rings is 1. The smallest absolute Gasteiger partial charge is 0.0682 e. The van der Waals surface area contributed by atoms with Crippen molar-refractivity contribution < 1.29 is 9.84 Å². The zero-order chi connectivity index (χ0) is 12.0. The number of methoxy groups -OCH3 is 1. The van der Waals surface area contributed by atoms with E-state index in [1.807, 2.05) is 24.3 Å². The monoisotopic (exact) mass is 223 g/mol. The fourth-order valence-electron chi connectivity index (χ4n) is 1.55. The first-order chi connectivity index (χ1) is 7.67. The summed E-state index contributed by atoms with van der Waals surface area (Å²) in [4.78, 5) is 0. The highest BCUT2D eigenvalue weighted by molar-refractivity contribution is 5.46. The van der Waals surface area contributed by atoms with Gasteiger partial charge in [-0.2, -0.15) is 0 Å². The molecule has 0 saturated carbocycles. The maximum atomic E-state index is 9.06. The third kappa shape index (κ3) is 3.83. The van der Waals surface area contributed by atoms with Crippen LogP contribution in [0, 0.1) is 5.92 Å². The van der Waals surface area contributed by atoms with Gasteiger partial charge in [0.05, 0.1) is 19.3 Å². The van der Waals surface area contributed by atoms with Crippen molar-refractivity contribution in [1.29, 1.82) is 0 Å². The van der Waals surface area contributed by atoms with Crippen molar-refractivity contribution in [1.82, 2.24) is 0 Å². The van der Waals surface area contributed by atoms with Crippen LogP contribution in [0.5, 0.6) is 0 Å². The van der Waals surface area contributed by atoms with Gasteiger partial charge in [0, 0.05) is 12.8 Å². The summed E-state index contributed by atoms with van der Waals surface area (Å²) in [5, 5.41) is 12.5. The van der Waals surface area contributed by atoms with E-state index in [9.17, 15) is 0 Å². The topological polar surface area (TPSA) is 41.5 Å². The Morgan fingerprint density at radius 3 is 2.69 bits per heavy atom. The Labute approximate surface area is 97.4 Å². The van der Waals surface area contributed by atoms with Crippen molar-refractivity contribution in [2.45, 2.75) is 26.5 Å². The Morgan fingerprint density at radius 1 is 1.38 bits per heavy atom. The van der Waals surface area contributed by atoms with Gasteiger partial charge in [-0.15, -0.1) is 0 Å². The van der Waals surface area contributed by atoms with E-state index in [1.54, 1.807) is 7.11 Å². The molecule has 1 aromatic carbocycles. The molecule has 0 aromatic heterocycles. The van der Waals surface area contributed by atoms with Crippen LogP contribution in [0.1, 0.15) is 19.4 Å². The Kier molecular flexibility index (Phi) is 5.29. The lowest BCUT2D eigenvalue weighted by molar-refractivity contribution is 0.171. The van der Waals surface area contributed by atoms with Crippen LogP contribution in [0.25, 0.3) is 0 Å². The van der Waals surface area contributed by atoms with E-state index in [4.69, 9.17) is 9.84 Å². The predicted octanol–water partition coefficient (Wildman–Crippen LogP) is 2.26. The molecule has 90 valence electrons. The van der Waals surface area contributed by atoms with Gasteiger partial charge < -0.3 is 15.2 Å². The van der Waals surface area contributed by atoms with Gasteiger partial charge in [-0.1, -0.05) is 26.0 Å². The number of hydrogen-bond acceptors (Lipinski definition) is 3. The number of nitrogens with one attached hydrogen (secondary N) is 1. The fourth-order valence-corrected chi connectivity index (χ4v) is 1.55. The first-order valence-corrected chi connectivity index (χ1v) is 5.62. The van der Waals surface area contributed by atoms with Gasteiger partial charge in [-0.05, 0) is 23.6 Å². The second kappa shape index (κ2) is 6.51. The highest BCUT2D eigenvalue weighted by atomic mass is 16.5. The van der Waals surface area contributed by atoms with Crippen molar-refractivity contribution in [2.24, 2.45) is 5.92 Å². The van der Waals surface area contributed by atoms with Crippen molar-refractivity contribution in [3.8, 4) is 0 Å². The molecule has 0 saturated heterocycles. The van der Waals surface area contributed by atoms with E-state index in [0.29, 0.717) is 18.6 Å². The van der Waals surface area contributed by atoms with Crippen molar-refractivity contribution in [3.63, 3.8) is 0 Å². The van der Waals surface area contributed by atoms with E-state index in [0.717, 1.165) is 11.3 Å². The molecule has 0 bridgehead atoms. The van der Waals surface area contributed by atoms with Crippen LogP contribution in [0.15, 0.2) is 24.3 Å². The third-order valence-corrected chi connectivity index (χ3v) is 2.61. The van der Waals surface area contributed by atoms with Gasteiger partial charge in [-0.25, -0.2) is 0 Å². The predicted molar refractivity (Wildman–Crippen MR) is 66.5 cm³/mol. The average Bonchev–Trinajstić information content (AvgIpc) is 2.28. The lowest BCUT2D eigenvalue weighted by Crippen LogP contribution is -2.30. The Bertz CT molecular complexity index is 313.